The first-order valence-electron chi connectivity index (χ1n) is 5.67. The van der Waals surface area contributed by atoms with Crippen LogP contribution in [0.3, 0.4) is 0 Å². The second-order valence-electron chi connectivity index (χ2n) is 4.00. The van der Waals surface area contributed by atoms with Crippen molar-refractivity contribution < 1.29 is 9.13 Å². The largest absolute Gasteiger partial charge is 0.383 e. The summed E-state index contributed by atoms with van der Waals surface area (Å²) in [5.74, 6) is -0.195. The van der Waals surface area contributed by atoms with Gasteiger partial charge >= 0.3 is 0 Å². The van der Waals surface area contributed by atoms with Crippen LogP contribution in [0.1, 0.15) is 31.9 Å². The molecule has 2 atom stereocenters. The number of halogens is 1. The zero-order valence-electron chi connectivity index (χ0n) is 10.2. The predicted molar refractivity (Wildman–Crippen MR) is 63.9 cm³/mol. The summed E-state index contributed by atoms with van der Waals surface area (Å²) in [6, 6.07) is 7.15. The molecule has 1 N–H and O–H groups in total. The predicted octanol–water partition coefficient (Wildman–Crippen LogP) is 2.90. The molecule has 0 fully saturated rings. The Hall–Kier alpha value is -0.930. The van der Waals surface area contributed by atoms with Gasteiger partial charge in [0.05, 0.1) is 6.61 Å². The molecule has 0 saturated carbocycles. The Balaban J connectivity index is 2.56. The van der Waals surface area contributed by atoms with E-state index in [1.165, 1.54) is 12.1 Å². The van der Waals surface area contributed by atoms with Gasteiger partial charge in [-0.05, 0) is 31.0 Å². The van der Waals surface area contributed by atoms with Crippen LogP contribution >= 0.6 is 0 Å². The van der Waals surface area contributed by atoms with Crippen molar-refractivity contribution >= 4 is 0 Å². The van der Waals surface area contributed by atoms with Gasteiger partial charge in [0, 0.05) is 19.2 Å². The van der Waals surface area contributed by atoms with Gasteiger partial charge in [-0.2, -0.15) is 0 Å². The first-order valence-corrected chi connectivity index (χ1v) is 5.67. The van der Waals surface area contributed by atoms with Crippen molar-refractivity contribution in [2.45, 2.75) is 32.4 Å². The number of hydrogen-bond donors (Lipinski definition) is 1. The maximum atomic E-state index is 12.8. The van der Waals surface area contributed by atoms with Gasteiger partial charge < -0.3 is 10.1 Å². The first kappa shape index (κ1) is 13.1. The lowest BCUT2D eigenvalue weighted by Crippen LogP contribution is -2.34. The second-order valence-corrected chi connectivity index (χ2v) is 4.00. The van der Waals surface area contributed by atoms with Crippen molar-refractivity contribution in [3.63, 3.8) is 0 Å². The molecular weight excluding hydrogens is 205 g/mol. The molecule has 0 aliphatic heterocycles. The van der Waals surface area contributed by atoms with Crippen LogP contribution in [0, 0.1) is 5.82 Å². The van der Waals surface area contributed by atoms with Gasteiger partial charge in [-0.1, -0.05) is 19.1 Å². The van der Waals surface area contributed by atoms with E-state index in [0.717, 1.165) is 12.0 Å². The zero-order chi connectivity index (χ0) is 12.0. The molecule has 2 nitrogen and oxygen atoms in total. The van der Waals surface area contributed by atoms with Crippen LogP contribution in [-0.4, -0.2) is 19.8 Å². The van der Waals surface area contributed by atoms with E-state index in [1.807, 2.05) is 12.1 Å². The number of hydrogen-bond acceptors (Lipinski definition) is 2. The lowest BCUT2D eigenvalue weighted by Gasteiger charge is -2.22. The van der Waals surface area contributed by atoms with E-state index >= 15 is 0 Å². The number of methoxy groups -OCH3 is 1. The van der Waals surface area contributed by atoms with Crippen molar-refractivity contribution in [3.05, 3.63) is 35.6 Å². The molecule has 0 aliphatic carbocycles. The van der Waals surface area contributed by atoms with Crippen molar-refractivity contribution in [1.29, 1.82) is 0 Å². The molecule has 90 valence electrons. The van der Waals surface area contributed by atoms with Crippen molar-refractivity contribution in [2.24, 2.45) is 0 Å². The minimum absolute atomic E-state index is 0.195. The Morgan fingerprint density at radius 2 is 1.94 bits per heavy atom. The van der Waals surface area contributed by atoms with E-state index in [1.54, 1.807) is 7.11 Å². The molecule has 1 rings (SSSR count). The Morgan fingerprint density at radius 1 is 1.31 bits per heavy atom. The van der Waals surface area contributed by atoms with E-state index in [4.69, 9.17) is 4.74 Å². The summed E-state index contributed by atoms with van der Waals surface area (Å²) in [5, 5.41) is 3.46. The molecule has 0 aromatic heterocycles. The molecule has 16 heavy (non-hydrogen) atoms. The number of rotatable bonds is 6. The summed E-state index contributed by atoms with van der Waals surface area (Å²) in [7, 11) is 1.70. The van der Waals surface area contributed by atoms with Gasteiger partial charge in [-0.25, -0.2) is 4.39 Å². The highest BCUT2D eigenvalue weighted by Gasteiger charge is 2.11. The molecule has 0 aliphatic rings. The minimum atomic E-state index is -0.195. The molecule has 0 amide bonds. The molecule has 0 spiro atoms. The minimum Gasteiger partial charge on any atom is -0.383 e. The number of nitrogens with one attached hydrogen (secondary N) is 1. The molecule has 1 aromatic rings. The van der Waals surface area contributed by atoms with Crippen molar-refractivity contribution in [3.8, 4) is 0 Å². The van der Waals surface area contributed by atoms with Gasteiger partial charge in [0.2, 0.25) is 0 Å². The molecule has 3 heteroatoms. The molecule has 0 saturated heterocycles. The molecule has 1 aromatic carbocycles. The summed E-state index contributed by atoms with van der Waals surface area (Å²) >= 11 is 0. The third kappa shape index (κ3) is 3.91. The molecule has 0 radical (unpaired) electrons. The van der Waals surface area contributed by atoms with Gasteiger partial charge in [0.15, 0.2) is 0 Å². The molecular formula is C13H20FNO. The van der Waals surface area contributed by atoms with Crippen molar-refractivity contribution in [2.75, 3.05) is 13.7 Å². The van der Waals surface area contributed by atoms with E-state index < -0.39 is 0 Å². The smallest absolute Gasteiger partial charge is 0.123 e. The van der Waals surface area contributed by atoms with E-state index in [-0.39, 0.29) is 11.9 Å². The summed E-state index contributed by atoms with van der Waals surface area (Å²) in [6.07, 6.45) is 1.01. The highest BCUT2D eigenvalue weighted by molar-refractivity contribution is 5.19. The average Bonchev–Trinajstić information content (AvgIpc) is 2.29. The van der Waals surface area contributed by atoms with Gasteiger partial charge in [0.1, 0.15) is 5.82 Å². The number of benzene rings is 1. The highest BCUT2D eigenvalue weighted by atomic mass is 19.1. The lowest BCUT2D eigenvalue weighted by atomic mass is 10.1. The van der Waals surface area contributed by atoms with Crippen LogP contribution < -0.4 is 5.32 Å². The van der Waals surface area contributed by atoms with Gasteiger partial charge in [0.25, 0.3) is 0 Å². The van der Waals surface area contributed by atoms with Gasteiger partial charge in [-0.15, -0.1) is 0 Å². The normalized spacial score (nSPS) is 14.8. The molecule has 0 heterocycles. The average molecular weight is 225 g/mol. The maximum Gasteiger partial charge on any atom is 0.123 e. The van der Waals surface area contributed by atoms with E-state index in [2.05, 4.69) is 19.2 Å². The van der Waals surface area contributed by atoms with E-state index in [9.17, 15) is 4.39 Å². The maximum absolute atomic E-state index is 12.8. The number of ether oxygens (including phenoxy) is 1. The summed E-state index contributed by atoms with van der Waals surface area (Å²) in [5.41, 5.74) is 1.09. The Kier molecular flexibility index (Phi) is 5.43. The third-order valence-corrected chi connectivity index (χ3v) is 2.72. The fourth-order valence-electron chi connectivity index (χ4n) is 1.69. The SMILES string of the molecule is CCC(COC)N[C@H](C)c1ccc(F)cc1. The Labute approximate surface area is 96.8 Å². The van der Waals surface area contributed by atoms with Crippen LogP contribution in [-0.2, 0) is 4.74 Å². The summed E-state index contributed by atoms with van der Waals surface area (Å²) in [6.45, 7) is 4.89. The van der Waals surface area contributed by atoms with Crippen LogP contribution in [0.25, 0.3) is 0 Å². The second kappa shape index (κ2) is 6.61. The van der Waals surface area contributed by atoms with Crippen LogP contribution in [0.15, 0.2) is 24.3 Å². The molecule has 0 bridgehead atoms. The third-order valence-electron chi connectivity index (χ3n) is 2.72. The summed E-state index contributed by atoms with van der Waals surface area (Å²) < 4.78 is 17.9. The highest BCUT2D eigenvalue weighted by Crippen LogP contribution is 2.14. The van der Waals surface area contributed by atoms with Crippen LogP contribution in [0.5, 0.6) is 0 Å². The standard InChI is InChI=1S/C13H20FNO/c1-4-13(9-16-3)15-10(2)11-5-7-12(14)8-6-11/h5-8,10,13,15H,4,9H2,1-3H3/t10-,13?/m1/s1. The fraction of sp³-hybridized carbons (Fsp3) is 0.538. The molecule has 1 unspecified atom stereocenters. The monoisotopic (exact) mass is 225 g/mol. The first-order chi connectivity index (χ1) is 7.67. The lowest BCUT2D eigenvalue weighted by molar-refractivity contribution is 0.159. The zero-order valence-corrected chi connectivity index (χ0v) is 10.2. The van der Waals surface area contributed by atoms with Crippen LogP contribution in [0.2, 0.25) is 0 Å². The van der Waals surface area contributed by atoms with Gasteiger partial charge in [-0.3, -0.25) is 0 Å². The van der Waals surface area contributed by atoms with Crippen molar-refractivity contribution in [1.82, 2.24) is 5.32 Å². The van der Waals surface area contributed by atoms with Crippen LogP contribution in [0.4, 0.5) is 4.39 Å². The quantitative estimate of drug-likeness (QED) is 0.803. The summed E-state index contributed by atoms with van der Waals surface area (Å²) in [4.78, 5) is 0. The Bertz CT molecular complexity index is 299. The topological polar surface area (TPSA) is 21.3 Å². The van der Waals surface area contributed by atoms with E-state index in [0.29, 0.717) is 12.6 Å². The fourth-order valence-corrected chi connectivity index (χ4v) is 1.69. The Morgan fingerprint density at radius 3 is 2.44 bits per heavy atom.